The van der Waals surface area contributed by atoms with Crippen molar-refractivity contribution >= 4 is 22.8 Å². The molecular formula is C25H21NO5. The van der Waals surface area contributed by atoms with E-state index in [4.69, 9.17) is 18.7 Å². The minimum absolute atomic E-state index is 0.0111. The molecule has 0 aliphatic heterocycles. The van der Waals surface area contributed by atoms with Crippen molar-refractivity contribution in [1.82, 2.24) is 5.16 Å². The van der Waals surface area contributed by atoms with E-state index in [1.165, 1.54) is 6.08 Å². The molecule has 1 aromatic heterocycles. The van der Waals surface area contributed by atoms with Gasteiger partial charge < -0.3 is 18.7 Å². The second-order valence-corrected chi connectivity index (χ2v) is 6.79. The lowest BCUT2D eigenvalue weighted by atomic mass is 10.1. The highest BCUT2D eigenvalue weighted by molar-refractivity contribution is 5.90. The van der Waals surface area contributed by atoms with Crippen LogP contribution in [0.4, 0.5) is 0 Å². The van der Waals surface area contributed by atoms with Crippen LogP contribution in [0.15, 0.2) is 77.3 Å². The average Bonchev–Trinajstić information content (AvgIpc) is 3.29. The number of hydrogen-bond donors (Lipinski definition) is 0. The van der Waals surface area contributed by atoms with Crippen molar-refractivity contribution in [2.75, 3.05) is 14.2 Å². The van der Waals surface area contributed by atoms with Crippen LogP contribution in [0.5, 0.6) is 11.5 Å². The number of carbonyl (C=O) groups excluding carboxylic acids is 1. The van der Waals surface area contributed by atoms with E-state index < -0.39 is 5.97 Å². The van der Waals surface area contributed by atoms with Crippen LogP contribution in [-0.4, -0.2) is 25.3 Å². The van der Waals surface area contributed by atoms with Gasteiger partial charge in [-0.15, -0.1) is 0 Å². The number of hydrogen-bond acceptors (Lipinski definition) is 6. The molecule has 0 aliphatic rings. The predicted molar refractivity (Wildman–Crippen MR) is 118 cm³/mol. The van der Waals surface area contributed by atoms with Gasteiger partial charge >= 0.3 is 5.97 Å². The molecule has 3 aromatic carbocycles. The molecule has 4 aromatic rings. The first-order chi connectivity index (χ1) is 15.2. The zero-order valence-electron chi connectivity index (χ0n) is 17.2. The molecule has 0 fully saturated rings. The van der Waals surface area contributed by atoms with E-state index >= 15 is 0 Å². The lowest BCUT2D eigenvalue weighted by Gasteiger charge is -2.04. The second-order valence-electron chi connectivity index (χ2n) is 6.79. The van der Waals surface area contributed by atoms with Crippen molar-refractivity contribution in [2.24, 2.45) is 0 Å². The van der Waals surface area contributed by atoms with E-state index in [0.29, 0.717) is 17.2 Å². The van der Waals surface area contributed by atoms with E-state index in [0.717, 1.165) is 27.6 Å². The Kier molecular flexibility index (Phi) is 5.98. The first kappa shape index (κ1) is 20.2. The fraction of sp³-hybridized carbons (Fsp3) is 0.120. The van der Waals surface area contributed by atoms with Gasteiger partial charge in [0.25, 0.3) is 0 Å². The van der Waals surface area contributed by atoms with Crippen LogP contribution in [0.1, 0.15) is 11.3 Å². The summed E-state index contributed by atoms with van der Waals surface area (Å²) in [6.45, 7) is -0.0111. The van der Waals surface area contributed by atoms with Crippen molar-refractivity contribution < 1.29 is 23.5 Å². The third-order valence-corrected chi connectivity index (χ3v) is 4.78. The molecule has 0 saturated heterocycles. The highest BCUT2D eigenvalue weighted by atomic mass is 16.5. The predicted octanol–water partition coefficient (Wildman–Crippen LogP) is 5.27. The summed E-state index contributed by atoms with van der Waals surface area (Å²) >= 11 is 0. The molecule has 0 N–H and O–H groups in total. The Morgan fingerprint density at radius 1 is 0.968 bits per heavy atom. The number of rotatable bonds is 7. The largest absolute Gasteiger partial charge is 0.497 e. The molecule has 6 nitrogen and oxygen atoms in total. The van der Waals surface area contributed by atoms with Crippen LogP contribution in [0.2, 0.25) is 0 Å². The third kappa shape index (κ3) is 4.75. The van der Waals surface area contributed by atoms with Gasteiger partial charge in [0.15, 0.2) is 12.4 Å². The van der Waals surface area contributed by atoms with Gasteiger partial charge in [-0.05, 0) is 52.7 Å². The highest BCUT2D eigenvalue weighted by Crippen LogP contribution is 2.29. The number of benzene rings is 3. The monoisotopic (exact) mass is 415 g/mol. The van der Waals surface area contributed by atoms with E-state index in [1.54, 1.807) is 26.4 Å². The molecule has 0 atom stereocenters. The number of para-hydroxylation sites is 1. The number of methoxy groups -OCH3 is 2. The lowest BCUT2D eigenvalue weighted by molar-refractivity contribution is -0.139. The summed E-state index contributed by atoms with van der Waals surface area (Å²) in [6.07, 6.45) is 3.11. The van der Waals surface area contributed by atoms with Gasteiger partial charge in [0.05, 0.1) is 14.2 Å². The van der Waals surface area contributed by atoms with E-state index in [-0.39, 0.29) is 6.61 Å². The normalized spacial score (nSPS) is 11.0. The van der Waals surface area contributed by atoms with Crippen LogP contribution in [-0.2, 0) is 16.1 Å². The Balaban J connectivity index is 1.38. The van der Waals surface area contributed by atoms with Crippen molar-refractivity contribution in [1.29, 1.82) is 0 Å². The van der Waals surface area contributed by atoms with Crippen LogP contribution in [0.25, 0.3) is 28.1 Å². The summed E-state index contributed by atoms with van der Waals surface area (Å²) in [4.78, 5) is 12.1. The molecule has 0 spiro atoms. The summed E-state index contributed by atoms with van der Waals surface area (Å²) in [5.41, 5.74) is 2.32. The summed E-state index contributed by atoms with van der Waals surface area (Å²) < 4.78 is 21.1. The molecule has 31 heavy (non-hydrogen) atoms. The zero-order valence-corrected chi connectivity index (χ0v) is 17.2. The lowest BCUT2D eigenvalue weighted by Crippen LogP contribution is -1.99. The molecule has 156 valence electrons. The SMILES string of the molecule is COc1ccc2cc(/C=C/C(=O)OCc3cc(-c4ccccc4OC)no3)ccc2c1. The van der Waals surface area contributed by atoms with Gasteiger partial charge in [-0.3, -0.25) is 0 Å². The first-order valence-corrected chi connectivity index (χ1v) is 9.68. The maximum Gasteiger partial charge on any atom is 0.331 e. The molecular weight excluding hydrogens is 394 g/mol. The quantitative estimate of drug-likeness (QED) is 0.303. The molecule has 4 rings (SSSR count). The molecule has 1 heterocycles. The highest BCUT2D eigenvalue weighted by Gasteiger charge is 2.12. The number of aromatic nitrogens is 1. The van der Waals surface area contributed by atoms with Crippen molar-refractivity contribution in [3.05, 3.63) is 84.1 Å². The Morgan fingerprint density at radius 2 is 1.77 bits per heavy atom. The summed E-state index contributed by atoms with van der Waals surface area (Å²) in [5.74, 6) is 1.48. The maximum absolute atomic E-state index is 12.1. The van der Waals surface area contributed by atoms with E-state index in [9.17, 15) is 4.79 Å². The maximum atomic E-state index is 12.1. The minimum atomic E-state index is -0.468. The Labute approximate surface area is 179 Å². The van der Waals surface area contributed by atoms with Gasteiger partial charge in [-0.2, -0.15) is 0 Å². The number of esters is 1. The van der Waals surface area contributed by atoms with E-state index in [1.807, 2.05) is 60.7 Å². The van der Waals surface area contributed by atoms with E-state index in [2.05, 4.69) is 5.16 Å². The fourth-order valence-electron chi connectivity index (χ4n) is 3.19. The fourth-order valence-corrected chi connectivity index (χ4v) is 3.19. The molecule has 0 aliphatic carbocycles. The van der Waals surface area contributed by atoms with Gasteiger partial charge in [0, 0.05) is 17.7 Å². The van der Waals surface area contributed by atoms with Gasteiger partial charge in [-0.25, -0.2) is 4.79 Å². The molecule has 0 saturated carbocycles. The molecule has 0 amide bonds. The molecule has 6 heteroatoms. The first-order valence-electron chi connectivity index (χ1n) is 9.68. The summed E-state index contributed by atoms with van der Waals surface area (Å²) in [6, 6.07) is 21.0. The molecule has 0 radical (unpaired) electrons. The van der Waals surface area contributed by atoms with Crippen LogP contribution in [0.3, 0.4) is 0 Å². The van der Waals surface area contributed by atoms with Crippen molar-refractivity contribution in [3.8, 4) is 22.8 Å². The van der Waals surface area contributed by atoms with Crippen molar-refractivity contribution in [3.63, 3.8) is 0 Å². The number of ether oxygens (including phenoxy) is 3. The molecule has 0 unspecified atom stereocenters. The van der Waals surface area contributed by atoms with Crippen molar-refractivity contribution in [2.45, 2.75) is 6.61 Å². The third-order valence-electron chi connectivity index (χ3n) is 4.78. The van der Waals surface area contributed by atoms with Gasteiger partial charge in [0.1, 0.15) is 17.2 Å². The summed E-state index contributed by atoms with van der Waals surface area (Å²) in [5, 5.41) is 6.16. The number of fused-ring (bicyclic) bond motifs is 1. The van der Waals surface area contributed by atoms with Crippen LogP contribution < -0.4 is 9.47 Å². The smallest absolute Gasteiger partial charge is 0.331 e. The second kappa shape index (κ2) is 9.17. The van der Waals surface area contributed by atoms with Crippen LogP contribution >= 0.6 is 0 Å². The van der Waals surface area contributed by atoms with Gasteiger partial charge in [-0.1, -0.05) is 35.5 Å². The summed E-state index contributed by atoms with van der Waals surface area (Å²) in [7, 11) is 3.24. The number of nitrogens with zero attached hydrogens (tertiary/aromatic N) is 1. The van der Waals surface area contributed by atoms with Crippen LogP contribution in [0, 0.1) is 0 Å². The molecule has 0 bridgehead atoms. The standard InChI is InChI=1S/C25H21NO5/c1-28-20-11-10-18-13-17(7-9-19(18)14-20)8-12-25(27)30-16-21-15-23(26-31-21)22-5-3-4-6-24(22)29-2/h3-15H,16H2,1-2H3/b12-8+. The average molecular weight is 415 g/mol. The topological polar surface area (TPSA) is 70.8 Å². The number of carbonyl (C=O) groups is 1. The van der Waals surface area contributed by atoms with Gasteiger partial charge in [0.2, 0.25) is 0 Å². The Hall–Kier alpha value is -4.06. The Morgan fingerprint density at radius 3 is 2.61 bits per heavy atom. The zero-order chi connectivity index (χ0) is 21.6. The minimum Gasteiger partial charge on any atom is -0.497 e. The Bertz CT molecular complexity index is 1240.